The molecule has 1 aromatic rings. The minimum absolute atomic E-state index is 0.0320. The van der Waals surface area contributed by atoms with Crippen molar-refractivity contribution in [2.45, 2.75) is 38.5 Å². The average molecular weight is 303 g/mol. The average Bonchev–Trinajstić information content (AvgIpc) is 2.54. The fraction of sp³-hybridized carbons (Fsp3) is 0.632. The molecule has 0 N–H and O–H groups in total. The van der Waals surface area contributed by atoms with Crippen LogP contribution in [0.2, 0.25) is 0 Å². The lowest BCUT2D eigenvalue weighted by Crippen LogP contribution is -2.48. The van der Waals surface area contributed by atoms with Crippen molar-refractivity contribution in [3.8, 4) is 0 Å². The number of carbonyl (C=O) groups is 1. The molecule has 0 saturated heterocycles. The summed E-state index contributed by atoms with van der Waals surface area (Å²) >= 11 is 0. The molecule has 0 radical (unpaired) electrons. The van der Waals surface area contributed by atoms with Gasteiger partial charge in [0.2, 0.25) is 0 Å². The van der Waals surface area contributed by atoms with Crippen molar-refractivity contribution in [3.63, 3.8) is 0 Å². The van der Waals surface area contributed by atoms with E-state index in [4.69, 9.17) is 4.74 Å². The molecule has 1 fully saturated rings. The van der Waals surface area contributed by atoms with Crippen LogP contribution in [0.4, 0.5) is 0 Å². The second kappa shape index (κ2) is 7.28. The molecule has 0 aromatic heterocycles. The van der Waals surface area contributed by atoms with Crippen LogP contribution in [0.5, 0.6) is 0 Å². The molecule has 0 bridgehead atoms. The standard InChI is InChI=1S/C19H29NO2/c1-15(14-20(2)3)19(18(21)22-4)13-9-8-12-17(19)16-10-6-5-7-11-16/h5-7,10-11,15,17H,8-9,12-14H2,1-4H3. The third-order valence-electron chi connectivity index (χ3n) is 5.24. The molecule has 3 atom stereocenters. The number of methoxy groups -OCH3 is 1. The van der Waals surface area contributed by atoms with Crippen molar-refractivity contribution < 1.29 is 9.53 Å². The Morgan fingerprint density at radius 3 is 2.59 bits per heavy atom. The van der Waals surface area contributed by atoms with Gasteiger partial charge in [-0.2, -0.15) is 0 Å². The quantitative estimate of drug-likeness (QED) is 0.777. The lowest BCUT2D eigenvalue weighted by Gasteiger charge is -2.46. The highest BCUT2D eigenvalue weighted by Gasteiger charge is 2.52. The van der Waals surface area contributed by atoms with Crippen LogP contribution in [0.1, 0.15) is 44.1 Å². The number of hydrogen-bond donors (Lipinski definition) is 0. The predicted octanol–water partition coefficient (Wildman–Crippen LogP) is 3.70. The van der Waals surface area contributed by atoms with E-state index < -0.39 is 5.41 Å². The van der Waals surface area contributed by atoms with Crippen LogP contribution in [0.3, 0.4) is 0 Å². The second-order valence-electron chi connectivity index (χ2n) is 6.90. The molecule has 3 unspecified atom stereocenters. The highest BCUT2D eigenvalue weighted by molar-refractivity contribution is 5.79. The van der Waals surface area contributed by atoms with E-state index in [1.165, 1.54) is 19.1 Å². The maximum absolute atomic E-state index is 12.9. The Morgan fingerprint density at radius 2 is 2.00 bits per heavy atom. The van der Waals surface area contributed by atoms with Crippen LogP contribution in [0.25, 0.3) is 0 Å². The van der Waals surface area contributed by atoms with Crippen molar-refractivity contribution in [3.05, 3.63) is 35.9 Å². The molecule has 3 heteroatoms. The van der Waals surface area contributed by atoms with Gasteiger partial charge in [0, 0.05) is 12.5 Å². The number of carbonyl (C=O) groups excluding carboxylic acids is 1. The van der Waals surface area contributed by atoms with Gasteiger partial charge in [-0.05, 0) is 38.4 Å². The van der Waals surface area contributed by atoms with Crippen molar-refractivity contribution in [2.75, 3.05) is 27.7 Å². The molecular formula is C19H29NO2. The summed E-state index contributed by atoms with van der Waals surface area (Å²) in [4.78, 5) is 15.0. The highest BCUT2D eigenvalue weighted by Crippen LogP contribution is 2.52. The number of ether oxygens (including phenoxy) is 1. The fourth-order valence-corrected chi connectivity index (χ4v) is 4.28. The summed E-state index contributed by atoms with van der Waals surface area (Å²) in [7, 11) is 5.67. The molecular weight excluding hydrogens is 274 g/mol. The molecule has 1 aromatic carbocycles. The number of nitrogens with zero attached hydrogens (tertiary/aromatic N) is 1. The van der Waals surface area contributed by atoms with Crippen LogP contribution in [0.15, 0.2) is 30.3 Å². The SMILES string of the molecule is COC(=O)C1(C(C)CN(C)C)CCCCC1c1ccccc1. The first kappa shape index (κ1) is 17.0. The third kappa shape index (κ3) is 3.19. The molecule has 0 amide bonds. The summed E-state index contributed by atoms with van der Waals surface area (Å²) in [5.41, 5.74) is 0.872. The molecule has 2 rings (SSSR count). The van der Waals surface area contributed by atoms with E-state index in [1.807, 2.05) is 6.07 Å². The Hall–Kier alpha value is -1.35. The Bertz CT molecular complexity index is 485. The van der Waals surface area contributed by atoms with Gasteiger partial charge >= 0.3 is 5.97 Å². The van der Waals surface area contributed by atoms with Gasteiger partial charge in [-0.25, -0.2) is 0 Å². The lowest BCUT2D eigenvalue weighted by molar-refractivity contribution is -0.161. The molecule has 22 heavy (non-hydrogen) atoms. The zero-order valence-corrected chi connectivity index (χ0v) is 14.3. The molecule has 1 aliphatic carbocycles. The normalized spacial score (nSPS) is 26.7. The van der Waals surface area contributed by atoms with Gasteiger partial charge in [-0.1, -0.05) is 50.1 Å². The first-order valence-corrected chi connectivity index (χ1v) is 8.30. The van der Waals surface area contributed by atoms with Crippen molar-refractivity contribution >= 4 is 5.97 Å². The third-order valence-corrected chi connectivity index (χ3v) is 5.24. The number of rotatable bonds is 5. The molecule has 0 aliphatic heterocycles. The Morgan fingerprint density at radius 1 is 1.32 bits per heavy atom. The van der Waals surface area contributed by atoms with Gasteiger partial charge in [0.15, 0.2) is 0 Å². The van der Waals surface area contributed by atoms with Gasteiger partial charge in [0.1, 0.15) is 0 Å². The molecule has 3 nitrogen and oxygen atoms in total. The van der Waals surface area contributed by atoms with Crippen molar-refractivity contribution in [1.29, 1.82) is 0 Å². The minimum Gasteiger partial charge on any atom is -0.469 e. The lowest BCUT2D eigenvalue weighted by atomic mass is 9.58. The van der Waals surface area contributed by atoms with E-state index >= 15 is 0 Å². The van der Waals surface area contributed by atoms with Gasteiger partial charge in [-0.15, -0.1) is 0 Å². The topological polar surface area (TPSA) is 29.5 Å². The van der Waals surface area contributed by atoms with Gasteiger partial charge in [0.25, 0.3) is 0 Å². The number of esters is 1. The smallest absolute Gasteiger partial charge is 0.312 e. The molecule has 122 valence electrons. The Labute approximate surface area is 134 Å². The van der Waals surface area contributed by atoms with E-state index in [0.717, 1.165) is 25.8 Å². The number of benzene rings is 1. The van der Waals surface area contributed by atoms with E-state index in [1.54, 1.807) is 0 Å². The molecule has 1 aliphatic rings. The predicted molar refractivity (Wildman–Crippen MR) is 89.8 cm³/mol. The highest BCUT2D eigenvalue weighted by atomic mass is 16.5. The summed E-state index contributed by atoms with van der Waals surface area (Å²) < 4.78 is 5.29. The van der Waals surface area contributed by atoms with E-state index in [0.29, 0.717) is 0 Å². The van der Waals surface area contributed by atoms with Gasteiger partial charge in [0.05, 0.1) is 12.5 Å². The first-order chi connectivity index (χ1) is 10.5. The molecule has 0 heterocycles. The van der Waals surface area contributed by atoms with E-state index in [2.05, 4.69) is 50.2 Å². The fourth-order valence-electron chi connectivity index (χ4n) is 4.28. The summed E-state index contributed by atoms with van der Waals surface area (Å²) in [6, 6.07) is 10.5. The van der Waals surface area contributed by atoms with Crippen LogP contribution < -0.4 is 0 Å². The van der Waals surface area contributed by atoms with Gasteiger partial charge in [-0.3, -0.25) is 4.79 Å². The summed E-state index contributed by atoms with van der Waals surface area (Å²) in [6.07, 6.45) is 4.29. The maximum Gasteiger partial charge on any atom is 0.312 e. The van der Waals surface area contributed by atoms with E-state index in [9.17, 15) is 4.79 Å². The van der Waals surface area contributed by atoms with Crippen molar-refractivity contribution in [2.24, 2.45) is 11.3 Å². The summed E-state index contributed by atoms with van der Waals surface area (Å²) in [5, 5.41) is 0. The minimum atomic E-state index is -0.404. The zero-order valence-electron chi connectivity index (χ0n) is 14.3. The van der Waals surface area contributed by atoms with E-state index in [-0.39, 0.29) is 17.8 Å². The maximum atomic E-state index is 12.9. The van der Waals surface area contributed by atoms with Crippen LogP contribution in [-0.2, 0) is 9.53 Å². The summed E-state index contributed by atoms with van der Waals surface area (Å²) in [6.45, 7) is 3.11. The second-order valence-corrected chi connectivity index (χ2v) is 6.90. The Kier molecular flexibility index (Phi) is 5.63. The largest absolute Gasteiger partial charge is 0.469 e. The monoisotopic (exact) mass is 303 g/mol. The van der Waals surface area contributed by atoms with Crippen LogP contribution in [0, 0.1) is 11.3 Å². The zero-order chi connectivity index (χ0) is 16.2. The Balaban J connectivity index is 2.45. The number of hydrogen-bond acceptors (Lipinski definition) is 3. The van der Waals surface area contributed by atoms with Gasteiger partial charge < -0.3 is 9.64 Å². The van der Waals surface area contributed by atoms with Crippen molar-refractivity contribution in [1.82, 2.24) is 4.90 Å². The van der Waals surface area contributed by atoms with Crippen LogP contribution >= 0.6 is 0 Å². The summed E-state index contributed by atoms with van der Waals surface area (Å²) in [5.74, 6) is 0.487. The van der Waals surface area contributed by atoms with Crippen LogP contribution in [-0.4, -0.2) is 38.6 Å². The first-order valence-electron chi connectivity index (χ1n) is 8.30. The molecule has 1 saturated carbocycles. The molecule has 0 spiro atoms.